The number of amides is 2. The molecule has 1 aliphatic rings. The summed E-state index contributed by atoms with van der Waals surface area (Å²) in [5.41, 5.74) is 4.05. The van der Waals surface area contributed by atoms with Crippen LogP contribution in [0.15, 0.2) is 12.1 Å². The predicted octanol–water partition coefficient (Wildman–Crippen LogP) is 3.67. The van der Waals surface area contributed by atoms with Crippen LogP contribution in [0.1, 0.15) is 51.2 Å². The van der Waals surface area contributed by atoms with Gasteiger partial charge in [-0.3, -0.25) is 9.59 Å². The molecular formula is C18H26N2O2. The summed E-state index contributed by atoms with van der Waals surface area (Å²) in [5, 5.41) is 2.90. The van der Waals surface area contributed by atoms with Crippen molar-refractivity contribution in [2.24, 2.45) is 5.92 Å². The van der Waals surface area contributed by atoms with Crippen LogP contribution in [-0.4, -0.2) is 18.4 Å². The number of nitrogens with one attached hydrogen (secondary N) is 1. The van der Waals surface area contributed by atoms with Crippen LogP contribution in [0, 0.1) is 12.8 Å². The highest BCUT2D eigenvalue weighted by Crippen LogP contribution is 2.37. The molecule has 1 aromatic rings. The summed E-state index contributed by atoms with van der Waals surface area (Å²) < 4.78 is 0. The van der Waals surface area contributed by atoms with Gasteiger partial charge in [-0.2, -0.15) is 0 Å². The van der Waals surface area contributed by atoms with Gasteiger partial charge in [0, 0.05) is 25.1 Å². The Labute approximate surface area is 132 Å². The van der Waals surface area contributed by atoms with Crippen LogP contribution >= 0.6 is 0 Å². The summed E-state index contributed by atoms with van der Waals surface area (Å²) in [5.74, 6) is 0.221. The summed E-state index contributed by atoms with van der Waals surface area (Å²) in [6, 6.07) is 3.93. The Morgan fingerprint density at radius 1 is 1.27 bits per heavy atom. The smallest absolute Gasteiger partial charge is 0.230 e. The molecule has 22 heavy (non-hydrogen) atoms. The van der Waals surface area contributed by atoms with E-state index in [-0.39, 0.29) is 17.7 Å². The van der Waals surface area contributed by atoms with Crippen LogP contribution < -0.4 is 10.2 Å². The molecule has 0 bridgehead atoms. The van der Waals surface area contributed by atoms with E-state index in [9.17, 15) is 9.59 Å². The highest BCUT2D eigenvalue weighted by atomic mass is 16.2. The van der Waals surface area contributed by atoms with Crippen molar-refractivity contribution in [3.8, 4) is 0 Å². The van der Waals surface area contributed by atoms with Crippen molar-refractivity contribution in [3.63, 3.8) is 0 Å². The number of hydrogen-bond acceptors (Lipinski definition) is 2. The number of rotatable bonds is 4. The first-order valence-corrected chi connectivity index (χ1v) is 8.21. The molecule has 0 aromatic heterocycles. The number of carbonyl (C=O) groups is 2. The average Bonchev–Trinajstić information content (AvgIpc) is 2.50. The summed E-state index contributed by atoms with van der Waals surface area (Å²) in [6.45, 7) is 8.46. The topological polar surface area (TPSA) is 49.4 Å². The summed E-state index contributed by atoms with van der Waals surface area (Å²) in [6.07, 6.45) is 3.57. The molecule has 1 aliphatic heterocycles. The zero-order valence-electron chi connectivity index (χ0n) is 14.0. The molecule has 0 saturated carbocycles. The fraction of sp³-hybridized carbons (Fsp3) is 0.556. The number of benzene rings is 1. The van der Waals surface area contributed by atoms with E-state index in [2.05, 4.69) is 19.2 Å². The van der Waals surface area contributed by atoms with Gasteiger partial charge in [0.2, 0.25) is 11.8 Å². The fourth-order valence-corrected chi connectivity index (χ4v) is 3.29. The standard InChI is InChI=1S/C18H26N2O2/c1-5-14(6-2)18(22)20-11-7-8-15-16(19-13(4)21)10-9-12(3)17(15)20/h9-10,14H,5-8,11H2,1-4H3,(H,19,21). The van der Waals surface area contributed by atoms with Crippen molar-refractivity contribution in [2.45, 2.75) is 53.4 Å². The Hall–Kier alpha value is -1.84. The lowest BCUT2D eigenvalue weighted by atomic mass is 9.93. The maximum absolute atomic E-state index is 12.8. The lowest BCUT2D eigenvalue weighted by molar-refractivity contribution is -0.122. The molecule has 0 unspecified atom stereocenters. The summed E-state index contributed by atoms with van der Waals surface area (Å²) in [7, 11) is 0. The van der Waals surface area contributed by atoms with Crippen LogP contribution in [-0.2, 0) is 16.0 Å². The molecule has 0 aliphatic carbocycles. The van der Waals surface area contributed by atoms with E-state index >= 15 is 0 Å². The summed E-state index contributed by atoms with van der Waals surface area (Å²) in [4.78, 5) is 26.2. The van der Waals surface area contributed by atoms with Gasteiger partial charge in [-0.25, -0.2) is 0 Å². The van der Waals surface area contributed by atoms with E-state index in [0.717, 1.165) is 54.7 Å². The van der Waals surface area contributed by atoms with Crippen molar-refractivity contribution in [2.75, 3.05) is 16.8 Å². The van der Waals surface area contributed by atoms with E-state index in [1.165, 1.54) is 6.92 Å². The first-order valence-electron chi connectivity index (χ1n) is 8.21. The molecule has 120 valence electrons. The Kier molecular flexibility index (Phi) is 5.22. The minimum Gasteiger partial charge on any atom is -0.326 e. The molecular weight excluding hydrogens is 276 g/mol. The molecule has 0 atom stereocenters. The summed E-state index contributed by atoms with van der Waals surface area (Å²) >= 11 is 0. The van der Waals surface area contributed by atoms with Gasteiger partial charge < -0.3 is 10.2 Å². The average molecular weight is 302 g/mol. The maximum Gasteiger partial charge on any atom is 0.230 e. The third-order valence-electron chi connectivity index (χ3n) is 4.47. The second-order valence-corrected chi connectivity index (χ2v) is 6.05. The lowest BCUT2D eigenvalue weighted by Crippen LogP contribution is -2.40. The van der Waals surface area contributed by atoms with E-state index in [4.69, 9.17) is 0 Å². The first kappa shape index (κ1) is 16.5. The van der Waals surface area contributed by atoms with Crippen molar-refractivity contribution in [3.05, 3.63) is 23.3 Å². The number of fused-ring (bicyclic) bond motifs is 1. The number of carbonyl (C=O) groups excluding carboxylic acids is 2. The largest absolute Gasteiger partial charge is 0.326 e. The van der Waals surface area contributed by atoms with Crippen LogP contribution in [0.4, 0.5) is 11.4 Å². The molecule has 2 amide bonds. The second kappa shape index (κ2) is 6.95. The van der Waals surface area contributed by atoms with Gasteiger partial charge in [0.1, 0.15) is 0 Å². The third kappa shape index (κ3) is 3.16. The molecule has 0 fully saturated rings. The van der Waals surface area contributed by atoms with Crippen LogP contribution in [0.3, 0.4) is 0 Å². The van der Waals surface area contributed by atoms with Gasteiger partial charge in [0.15, 0.2) is 0 Å². The quantitative estimate of drug-likeness (QED) is 0.922. The van der Waals surface area contributed by atoms with Crippen LogP contribution in [0.5, 0.6) is 0 Å². The van der Waals surface area contributed by atoms with Crippen molar-refractivity contribution in [1.29, 1.82) is 0 Å². The SMILES string of the molecule is CCC(CC)C(=O)N1CCCc2c(NC(C)=O)ccc(C)c21. The van der Waals surface area contributed by atoms with Gasteiger partial charge in [-0.15, -0.1) is 0 Å². The highest BCUT2D eigenvalue weighted by Gasteiger charge is 2.29. The fourth-order valence-electron chi connectivity index (χ4n) is 3.29. The van der Waals surface area contributed by atoms with Crippen molar-refractivity contribution < 1.29 is 9.59 Å². The van der Waals surface area contributed by atoms with Crippen LogP contribution in [0.2, 0.25) is 0 Å². The Bertz CT molecular complexity index is 577. The number of hydrogen-bond donors (Lipinski definition) is 1. The lowest BCUT2D eigenvalue weighted by Gasteiger charge is -2.34. The number of anilines is 2. The van der Waals surface area contributed by atoms with Gasteiger partial charge >= 0.3 is 0 Å². The second-order valence-electron chi connectivity index (χ2n) is 6.05. The predicted molar refractivity (Wildman–Crippen MR) is 90.2 cm³/mol. The molecule has 0 saturated heterocycles. The molecule has 0 spiro atoms. The van der Waals surface area contributed by atoms with Gasteiger partial charge in [0.05, 0.1) is 5.69 Å². The minimum atomic E-state index is -0.0745. The molecule has 4 heteroatoms. The van der Waals surface area contributed by atoms with Gasteiger partial charge in [-0.1, -0.05) is 19.9 Å². The molecule has 0 radical (unpaired) electrons. The van der Waals surface area contributed by atoms with Crippen molar-refractivity contribution in [1.82, 2.24) is 0 Å². The zero-order chi connectivity index (χ0) is 16.3. The first-order chi connectivity index (χ1) is 10.5. The minimum absolute atomic E-state index is 0.0745. The Morgan fingerprint density at radius 2 is 1.95 bits per heavy atom. The molecule has 1 heterocycles. The van der Waals surface area contributed by atoms with Crippen molar-refractivity contribution >= 4 is 23.2 Å². The van der Waals surface area contributed by atoms with Gasteiger partial charge in [-0.05, 0) is 49.8 Å². The van der Waals surface area contributed by atoms with E-state index in [0.29, 0.717) is 0 Å². The third-order valence-corrected chi connectivity index (χ3v) is 4.47. The highest BCUT2D eigenvalue weighted by molar-refractivity contribution is 5.99. The van der Waals surface area contributed by atoms with E-state index < -0.39 is 0 Å². The van der Waals surface area contributed by atoms with E-state index in [1.807, 2.05) is 24.0 Å². The van der Waals surface area contributed by atoms with Gasteiger partial charge in [0.25, 0.3) is 0 Å². The van der Waals surface area contributed by atoms with Crippen LogP contribution in [0.25, 0.3) is 0 Å². The monoisotopic (exact) mass is 302 g/mol. The number of aryl methyl sites for hydroxylation is 1. The Morgan fingerprint density at radius 3 is 2.55 bits per heavy atom. The molecule has 2 rings (SSSR count). The normalized spacial score (nSPS) is 14.0. The number of nitrogens with zero attached hydrogens (tertiary/aromatic N) is 1. The van der Waals surface area contributed by atoms with E-state index in [1.54, 1.807) is 0 Å². The molecule has 4 nitrogen and oxygen atoms in total. The molecule has 1 N–H and O–H groups in total. The molecule has 1 aromatic carbocycles. The zero-order valence-corrected chi connectivity index (χ0v) is 14.0. The maximum atomic E-state index is 12.8. The Balaban J connectivity index is 2.45.